The van der Waals surface area contributed by atoms with Gasteiger partial charge in [0.25, 0.3) is 5.56 Å². The Hall–Kier alpha value is -1.62. The van der Waals surface area contributed by atoms with Crippen LogP contribution in [-0.4, -0.2) is 23.6 Å². The zero-order valence-corrected chi connectivity index (χ0v) is 11.4. The normalized spacial score (nSPS) is 18.5. The molecule has 1 unspecified atom stereocenters. The number of hydrogen-bond acceptors (Lipinski definition) is 3. The second kappa shape index (κ2) is 6.02. The smallest absolute Gasteiger partial charge is 0.253 e. The summed E-state index contributed by atoms with van der Waals surface area (Å²) in [5, 5.41) is 2.79. The molecular weight excluding hydrogens is 244 g/mol. The Balaban J connectivity index is 1.91. The summed E-state index contributed by atoms with van der Waals surface area (Å²) >= 11 is 0. The number of pyridine rings is 1. The van der Waals surface area contributed by atoms with Gasteiger partial charge in [-0.3, -0.25) is 9.59 Å². The zero-order chi connectivity index (χ0) is 13.8. The Morgan fingerprint density at radius 3 is 2.95 bits per heavy atom. The lowest BCUT2D eigenvalue weighted by Gasteiger charge is -2.11. The summed E-state index contributed by atoms with van der Waals surface area (Å²) in [5.74, 6) is -0.0636. The van der Waals surface area contributed by atoms with Crippen LogP contribution < -0.4 is 10.9 Å². The van der Waals surface area contributed by atoms with Crippen LogP contribution in [0, 0.1) is 13.8 Å². The summed E-state index contributed by atoms with van der Waals surface area (Å²) in [5.41, 5.74) is 2.22. The highest BCUT2D eigenvalue weighted by atomic mass is 16.5. The molecule has 1 amide bonds. The minimum atomic E-state index is -0.130. The number of aromatic nitrogens is 1. The molecule has 5 nitrogen and oxygen atoms in total. The van der Waals surface area contributed by atoms with Gasteiger partial charge in [-0.25, -0.2) is 0 Å². The predicted octanol–water partition coefficient (Wildman–Crippen LogP) is 1.18. The van der Waals surface area contributed by atoms with Gasteiger partial charge in [0.05, 0.1) is 12.5 Å². The molecule has 2 heterocycles. The van der Waals surface area contributed by atoms with Crippen molar-refractivity contribution in [2.24, 2.45) is 0 Å². The van der Waals surface area contributed by atoms with Gasteiger partial charge in [0.2, 0.25) is 5.91 Å². The first-order valence-corrected chi connectivity index (χ1v) is 6.64. The van der Waals surface area contributed by atoms with Gasteiger partial charge < -0.3 is 15.0 Å². The minimum Gasteiger partial charge on any atom is -0.378 e. The van der Waals surface area contributed by atoms with E-state index in [9.17, 15) is 9.59 Å². The Labute approximate surface area is 112 Å². The summed E-state index contributed by atoms with van der Waals surface area (Å²) in [6.45, 7) is 4.74. The van der Waals surface area contributed by atoms with Crippen LogP contribution in [-0.2, 0) is 16.1 Å². The fraction of sp³-hybridized carbons (Fsp3) is 0.571. The number of hydrogen-bond donors (Lipinski definition) is 2. The Morgan fingerprint density at radius 1 is 1.53 bits per heavy atom. The van der Waals surface area contributed by atoms with Gasteiger partial charge >= 0.3 is 0 Å². The average molecular weight is 264 g/mol. The lowest BCUT2D eigenvalue weighted by Crippen LogP contribution is -2.30. The highest BCUT2D eigenvalue weighted by Gasteiger charge is 2.19. The number of carbonyl (C=O) groups is 1. The molecule has 1 aliphatic heterocycles. The Bertz CT molecular complexity index is 516. The first-order chi connectivity index (χ1) is 9.06. The summed E-state index contributed by atoms with van der Waals surface area (Å²) in [4.78, 5) is 26.3. The van der Waals surface area contributed by atoms with E-state index in [0.29, 0.717) is 12.0 Å². The van der Waals surface area contributed by atoms with E-state index in [-0.39, 0.29) is 24.1 Å². The zero-order valence-electron chi connectivity index (χ0n) is 11.4. The van der Waals surface area contributed by atoms with E-state index in [4.69, 9.17) is 4.74 Å². The molecule has 1 aromatic rings. The van der Waals surface area contributed by atoms with Gasteiger partial charge in [0, 0.05) is 24.4 Å². The van der Waals surface area contributed by atoms with E-state index in [1.165, 1.54) is 0 Å². The topological polar surface area (TPSA) is 71.2 Å². The fourth-order valence-corrected chi connectivity index (χ4v) is 2.37. The van der Waals surface area contributed by atoms with Gasteiger partial charge in [-0.05, 0) is 38.3 Å². The van der Waals surface area contributed by atoms with E-state index in [0.717, 1.165) is 30.7 Å². The monoisotopic (exact) mass is 264 g/mol. The molecule has 0 saturated carbocycles. The Morgan fingerprint density at radius 2 is 2.32 bits per heavy atom. The molecule has 1 fully saturated rings. The van der Waals surface area contributed by atoms with Crippen molar-refractivity contribution in [2.45, 2.75) is 45.8 Å². The molecule has 1 aromatic heterocycles. The summed E-state index contributed by atoms with van der Waals surface area (Å²) in [6, 6.07) is 1.91. The quantitative estimate of drug-likeness (QED) is 0.857. The standard InChI is InChI=1S/C14H20N2O3/c1-9-6-10(2)16-14(18)12(9)8-15-13(17)7-11-4-3-5-19-11/h6,11H,3-5,7-8H2,1-2H3,(H,15,17)(H,16,18). The third kappa shape index (κ3) is 3.67. The van der Waals surface area contributed by atoms with Crippen molar-refractivity contribution in [2.75, 3.05) is 6.61 Å². The molecule has 19 heavy (non-hydrogen) atoms. The van der Waals surface area contributed by atoms with Gasteiger partial charge in [0.15, 0.2) is 0 Å². The van der Waals surface area contributed by atoms with E-state index in [1.807, 2.05) is 19.9 Å². The molecule has 1 saturated heterocycles. The van der Waals surface area contributed by atoms with E-state index < -0.39 is 0 Å². The number of ether oxygens (including phenoxy) is 1. The number of aryl methyl sites for hydroxylation is 2. The second-order valence-corrected chi connectivity index (χ2v) is 5.06. The summed E-state index contributed by atoms with van der Waals surface area (Å²) < 4.78 is 5.41. The second-order valence-electron chi connectivity index (χ2n) is 5.06. The highest BCUT2D eigenvalue weighted by molar-refractivity contribution is 5.76. The van der Waals surface area contributed by atoms with Crippen LogP contribution in [0.25, 0.3) is 0 Å². The van der Waals surface area contributed by atoms with Crippen LogP contribution in [0.1, 0.15) is 36.1 Å². The van der Waals surface area contributed by atoms with Gasteiger partial charge in [-0.1, -0.05) is 0 Å². The third-order valence-corrected chi connectivity index (χ3v) is 3.39. The molecule has 0 bridgehead atoms. The lowest BCUT2D eigenvalue weighted by atomic mass is 10.1. The van der Waals surface area contributed by atoms with Crippen molar-refractivity contribution < 1.29 is 9.53 Å². The summed E-state index contributed by atoms with van der Waals surface area (Å²) in [6.07, 6.45) is 2.38. The number of nitrogens with one attached hydrogen (secondary N) is 2. The maximum atomic E-state index is 11.8. The van der Waals surface area contributed by atoms with Gasteiger partial charge in [0.1, 0.15) is 0 Å². The SMILES string of the molecule is Cc1cc(C)c(CNC(=O)CC2CCCO2)c(=O)[nH]1. The molecule has 2 N–H and O–H groups in total. The molecule has 1 aliphatic rings. The van der Waals surface area contributed by atoms with Gasteiger partial charge in [-0.15, -0.1) is 0 Å². The Kier molecular flexibility index (Phi) is 4.37. The molecule has 2 rings (SSSR count). The molecule has 1 atom stereocenters. The number of aromatic amines is 1. The van der Waals surface area contributed by atoms with E-state index in [2.05, 4.69) is 10.3 Å². The summed E-state index contributed by atoms with van der Waals surface area (Å²) in [7, 11) is 0. The van der Waals surface area contributed by atoms with E-state index in [1.54, 1.807) is 0 Å². The number of rotatable bonds is 4. The largest absolute Gasteiger partial charge is 0.378 e. The molecular formula is C14H20N2O3. The minimum absolute atomic E-state index is 0.0393. The van der Waals surface area contributed by atoms with Crippen molar-refractivity contribution in [3.8, 4) is 0 Å². The maximum absolute atomic E-state index is 11.8. The molecule has 0 radical (unpaired) electrons. The van der Waals surface area contributed by atoms with Crippen LogP contribution in [0.15, 0.2) is 10.9 Å². The maximum Gasteiger partial charge on any atom is 0.253 e. The number of amides is 1. The van der Waals surface area contributed by atoms with Gasteiger partial charge in [-0.2, -0.15) is 0 Å². The number of H-pyrrole nitrogens is 1. The van der Waals surface area contributed by atoms with Crippen LogP contribution in [0.3, 0.4) is 0 Å². The third-order valence-electron chi connectivity index (χ3n) is 3.39. The first kappa shape index (κ1) is 13.8. The lowest BCUT2D eigenvalue weighted by molar-refractivity contribution is -0.123. The van der Waals surface area contributed by atoms with Crippen LogP contribution in [0.5, 0.6) is 0 Å². The first-order valence-electron chi connectivity index (χ1n) is 6.64. The predicted molar refractivity (Wildman–Crippen MR) is 72.0 cm³/mol. The van der Waals surface area contributed by atoms with E-state index >= 15 is 0 Å². The van der Waals surface area contributed by atoms with Crippen LogP contribution in [0.4, 0.5) is 0 Å². The highest BCUT2D eigenvalue weighted by Crippen LogP contribution is 2.15. The molecule has 104 valence electrons. The van der Waals surface area contributed by atoms with Crippen molar-refractivity contribution in [3.63, 3.8) is 0 Å². The number of carbonyl (C=O) groups excluding carboxylic acids is 1. The molecule has 0 spiro atoms. The van der Waals surface area contributed by atoms with Crippen molar-refractivity contribution in [1.29, 1.82) is 0 Å². The van der Waals surface area contributed by atoms with Crippen molar-refractivity contribution >= 4 is 5.91 Å². The average Bonchev–Trinajstić information content (AvgIpc) is 2.80. The fourth-order valence-electron chi connectivity index (χ4n) is 2.37. The van der Waals surface area contributed by atoms with Crippen molar-refractivity contribution in [3.05, 3.63) is 33.2 Å². The molecule has 0 aromatic carbocycles. The molecule has 0 aliphatic carbocycles. The molecule has 5 heteroatoms. The van der Waals surface area contributed by atoms with Crippen LogP contribution >= 0.6 is 0 Å². The van der Waals surface area contributed by atoms with Crippen molar-refractivity contribution in [1.82, 2.24) is 10.3 Å². The van der Waals surface area contributed by atoms with Crippen LogP contribution in [0.2, 0.25) is 0 Å².